The number of fused-ring (bicyclic) bond motifs is 1. The van der Waals surface area contributed by atoms with E-state index in [1.165, 1.54) is 22.5 Å². The molecule has 3 rings (SSSR count). The number of aromatic nitrogens is 1. The van der Waals surface area contributed by atoms with Crippen LogP contribution in [0.15, 0.2) is 35.0 Å². The van der Waals surface area contributed by atoms with Crippen molar-refractivity contribution in [2.75, 3.05) is 6.54 Å². The normalized spacial score (nSPS) is 14.9. The minimum Gasteiger partial charge on any atom is -0.503 e. The molecule has 7 nitrogen and oxygen atoms in total. The Morgan fingerprint density at radius 2 is 1.84 bits per heavy atom. The van der Waals surface area contributed by atoms with E-state index in [-0.39, 0.29) is 18.8 Å². The molecule has 0 saturated carbocycles. The summed E-state index contributed by atoms with van der Waals surface area (Å²) in [7, 11) is 0. The van der Waals surface area contributed by atoms with Gasteiger partial charge in [0.1, 0.15) is 23.0 Å². The summed E-state index contributed by atoms with van der Waals surface area (Å²) in [5, 5.41) is 12.5. The first-order valence-corrected chi connectivity index (χ1v) is 9.54. The summed E-state index contributed by atoms with van der Waals surface area (Å²) in [4.78, 5) is 39.0. The number of halogens is 4. The number of benzene rings is 1. The highest BCUT2D eigenvalue weighted by Crippen LogP contribution is 2.23. The van der Waals surface area contributed by atoms with Crippen LogP contribution in [0.2, 0.25) is 0 Å². The lowest BCUT2D eigenvalue weighted by atomic mass is 10.1. The van der Waals surface area contributed by atoms with Crippen molar-refractivity contribution in [3.63, 3.8) is 0 Å². The molecule has 0 aliphatic carbocycles. The van der Waals surface area contributed by atoms with Crippen molar-refractivity contribution in [2.24, 2.45) is 0 Å². The predicted molar refractivity (Wildman–Crippen MR) is 105 cm³/mol. The fraction of sp³-hybridized carbons (Fsp3) is 0.286. The van der Waals surface area contributed by atoms with Crippen molar-refractivity contribution in [3.8, 4) is 5.75 Å². The molecule has 0 bridgehead atoms. The van der Waals surface area contributed by atoms with Gasteiger partial charge in [-0.15, -0.1) is 0 Å². The van der Waals surface area contributed by atoms with Gasteiger partial charge < -0.3 is 19.9 Å². The quantitative estimate of drug-likeness (QED) is 0.681. The smallest absolute Gasteiger partial charge is 0.275 e. The Bertz CT molecular complexity index is 1170. The predicted octanol–water partition coefficient (Wildman–Crippen LogP) is 2.62. The Morgan fingerprint density at radius 1 is 1.22 bits per heavy atom. The fourth-order valence-corrected chi connectivity index (χ4v) is 3.48. The summed E-state index contributed by atoms with van der Waals surface area (Å²) in [5.74, 6) is -6.81. The number of nitrogens with one attached hydrogen (secondary N) is 1. The van der Waals surface area contributed by atoms with Crippen molar-refractivity contribution >= 4 is 11.8 Å². The molecule has 2 amide bonds. The molecule has 170 valence electrons. The first-order valence-electron chi connectivity index (χ1n) is 9.54. The van der Waals surface area contributed by atoms with E-state index in [4.69, 9.17) is 0 Å². The van der Waals surface area contributed by atoms with E-state index < -0.39 is 70.0 Å². The van der Waals surface area contributed by atoms with E-state index in [2.05, 4.69) is 5.32 Å². The molecule has 1 aromatic carbocycles. The third kappa shape index (κ3) is 4.36. The van der Waals surface area contributed by atoms with E-state index in [0.717, 1.165) is 6.20 Å². The summed E-state index contributed by atoms with van der Waals surface area (Å²) in [6.07, 6.45) is 2.26. The maximum Gasteiger partial charge on any atom is 0.275 e. The molecule has 1 unspecified atom stereocenters. The molecular weight excluding hydrogens is 434 g/mol. The number of allylic oxidation sites excluding steroid dienone is 1. The molecule has 0 spiro atoms. The van der Waals surface area contributed by atoms with Crippen molar-refractivity contribution in [2.45, 2.75) is 33.0 Å². The first kappa shape index (κ1) is 23.0. The lowest BCUT2D eigenvalue weighted by Crippen LogP contribution is -2.46. The van der Waals surface area contributed by atoms with Crippen LogP contribution in [0.1, 0.15) is 40.3 Å². The molecule has 0 radical (unpaired) electrons. The van der Waals surface area contributed by atoms with Gasteiger partial charge in [0.25, 0.3) is 11.8 Å². The zero-order valence-corrected chi connectivity index (χ0v) is 17.1. The van der Waals surface area contributed by atoms with Crippen LogP contribution in [-0.2, 0) is 13.1 Å². The number of pyridine rings is 1. The number of rotatable bonds is 5. The summed E-state index contributed by atoms with van der Waals surface area (Å²) in [6.45, 7) is 2.32. The average molecular weight is 453 g/mol. The minimum atomic E-state index is -1.22. The molecule has 2 N–H and O–H groups in total. The zero-order chi connectivity index (χ0) is 23.7. The molecule has 1 aliphatic rings. The van der Waals surface area contributed by atoms with Crippen LogP contribution in [0.4, 0.5) is 17.6 Å². The van der Waals surface area contributed by atoms with Crippen LogP contribution in [0, 0.1) is 17.5 Å². The largest absolute Gasteiger partial charge is 0.503 e. The number of nitrogens with zero attached hydrogens (tertiary/aromatic N) is 2. The van der Waals surface area contributed by atoms with Crippen LogP contribution in [-0.4, -0.2) is 39.0 Å². The van der Waals surface area contributed by atoms with E-state index in [1.807, 2.05) is 0 Å². The Hall–Kier alpha value is -3.63. The third-order valence-electron chi connectivity index (χ3n) is 5.04. The lowest BCUT2D eigenvalue weighted by Gasteiger charge is -2.33. The summed E-state index contributed by atoms with van der Waals surface area (Å²) < 4.78 is 54.9. The van der Waals surface area contributed by atoms with Gasteiger partial charge in [0.2, 0.25) is 5.43 Å². The van der Waals surface area contributed by atoms with Gasteiger partial charge >= 0.3 is 0 Å². The SMILES string of the molecule is C/C(F)=C\C(C)N1CCn2cc(C(=O)NCc3c(F)cc(F)cc3F)c(=O)c(O)c2C1=O. The molecule has 2 heterocycles. The summed E-state index contributed by atoms with van der Waals surface area (Å²) in [5.41, 5.74) is -2.68. The number of amides is 2. The second kappa shape index (κ2) is 8.85. The van der Waals surface area contributed by atoms with E-state index in [0.29, 0.717) is 12.1 Å². The Balaban J connectivity index is 1.88. The highest BCUT2D eigenvalue weighted by molar-refractivity contribution is 5.99. The van der Waals surface area contributed by atoms with Crippen molar-refractivity contribution in [1.29, 1.82) is 0 Å². The van der Waals surface area contributed by atoms with Gasteiger partial charge in [0.05, 0.1) is 11.9 Å². The number of carbonyl (C=O) groups excluding carboxylic acids is 2. The van der Waals surface area contributed by atoms with Crippen molar-refractivity contribution < 1.29 is 32.3 Å². The maximum absolute atomic E-state index is 13.7. The molecule has 1 atom stereocenters. The standard InChI is InChI=1S/C21H19F4N3O4/c1-10(22)5-11(2)28-4-3-27-9-14(18(29)19(30)17(27)21(28)32)20(31)26-8-13-15(24)6-12(23)7-16(13)25/h5-7,9,11,30H,3-4,8H2,1-2H3,(H,26,31)/b10-5+. The van der Waals surface area contributed by atoms with Gasteiger partial charge in [-0.2, -0.15) is 0 Å². The van der Waals surface area contributed by atoms with Gasteiger partial charge in [-0.3, -0.25) is 14.4 Å². The second-order valence-electron chi connectivity index (χ2n) is 7.29. The lowest BCUT2D eigenvalue weighted by molar-refractivity contribution is 0.0659. The van der Waals surface area contributed by atoms with Gasteiger partial charge in [-0.1, -0.05) is 0 Å². The van der Waals surface area contributed by atoms with Crippen LogP contribution < -0.4 is 10.7 Å². The van der Waals surface area contributed by atoms with Gasteiger partial charge in [-0.05, 0) is 19.9 Å². The first-order chi connectivity index (χ1) is 15.0. The molecule has 11 heteroatoms. The molecular formula is C21H19F4N3O4. The van der Waals surface area contributed by atoms with Gasteiger partial charge in [0.15, 0.2) is 11.4 Å². The van der Waals surface area contributed by atoms with E-state index in [1.54, 1.807) is 6.92 Å². The summed E-state index contributed by atoms with van der Waals surface area (Å²) in [6, 6.07) is 0.254. The van der Waals surface area contributed by atoms with Crippen LogP contribution in [0.3, 0.4) is 0 Å². The number of carbonyl (C=O) groups is 2. The molecule has 32 heavy (non-hydrogen) atoms. The number of hydrogen-bond acceptors (Lipinski definition) is 4. The topological polar surface area (TPSA) is 91.6 Å². The zero-order valence-electron chi connectivity index (χ0n) is 17.1. The third-order valence-corrected chi connectivity index (χ3v) is 5.04. The Morgan fingerprint density at radius 3 is 2.44 bits per heavy atom. The maximum atomic E-state index is 13.7. The Labute approximate surface area is 179 Å². The average Bonchev–Trinajstić information content (AvgIpc) is 2.68. The highest BCUT2D eigenvalue weighted by Gasteiger charge is 2.32. The number of hydrogen-bond donors (Lipinski definition) is 2. The molecule has 1 aromatic heterocycles. The Kier molecular flexibility index (Phi) is 6.37. The second-order valence-corrected chi connectivity index (χ2v) is 7.29. The van der Waals surface area contributed by atoms with Gasteiger partial charge in [0, 0.05) is 43.5 Å². The number of aromatic hydroxyl groups is 1. The van der Waals surface area contributed by atoms with E-state index in [9.17, 15) is 37.1 Å². The molecule has 0 saturated heterocycles. The van der Waals surface area contributed by atoms with Crippen molar-refractivity contribution in [1.82, 2.24) is 14.8 Å². The highest BCUT2D eigenvalue weighted by atomic mass is 19.1. The summed E-state index contributed by atoms with van der Waals surface area (Å²) >= 11 is 0. The fourth-order valence-electron chi connectivity index (χ4n) is 3.48. The molecule has 2 aromatic rings. The van der Waals surface area contributed by atoms with Crippen LogP contribution in [0.25, 0.3) is 0 Å². The van der Waals surface area contributed by atoms with Gasteiger partial charge in [-0.25, -0.2) is 17.6 Å². The minimum absolute atomic E-state index is 0.0971. The molecule has 0 fully saturated rings. The van der Waals surface area contributed by atoms with Crippen LogP contribution in [0.5, 0.6) is 5.75 Å². The monoisotopic (exact) mass is 453 g/mol. The van der Waals surface area contributed by atoms with E-state index >= 15 is 0 Å². The van der Waals surface area contributed by atoms with Crippen LogP contribution >= 0.6 is 0 Å². The van der Waals surface area contributed by atoms with Crippen molar-refractivity contribution in [3.05, 3.63) is 74.7 Å². The molecule has 1 aliphatic heterocycles.